The summed E-state index contributed by atoms with van der Waals surface area (Å²) in [5.74, 6) is -1.29. The Kier molecular flexibility index (Phi) is 15.6. The molecule has 1 saturated carbocycles. The highest BCUT2D eigenvalue weighted by atomic mass is 16.6. The topological polar surface area (TPSA) is 216 Å². The molecule has 55 heavy (non-hydrogen) atoms. The maximum absolute atomic E-state index is 14.3. The normalized spacial score (nSPS) is 20.1. The van der Waals surface area contributed by atoms with Crippen molar-refractivity contribution in [1.29, 1.82) is 0 Å². The molecule has 300 valence electrons. The van der Waals surface area contributed by atoms with Gasteiger partial charge in [-0.3, -0.25) is 14.7 Å². The number of aliphatic imine (C=N–C) groups is 1. The summed E-state index contributed by atoms with van der Waals surface area (Å²) in [6, 6.07) is 9.54. The molecule has 0 radical (unpaired) electrons. The lowest BCUT2D eigenvalue weighted by Crippen LogP contribution is -2.59. The number of aromatic nitrogens is 1. The highest BCUT2D eigenvalue weighted by molar-refractivity contribution is 5.95. The van der Waals surface area contributed by atoms with Crippen molar-refractivity contribution in [2.24, 2.45) is 34.0 Å². The predicted molar refractivity (Wildman–Crippen MR) is 211 cm³/mol. The van der Waals surface area contributed by atoms with Gasteiger partial charge in [0.1, 0.15) is 23.5 Å². The summed E-state index contributed by atoms with van der Waals surface area (Å²) in [6.07, 6.45) is 10.5. The number of nitrogens with two attached hydrogens (primary N) is 3. The number of carbonyl (C=O) groups excluding carboxylic acids is 4. The van der Waals surface area contributed by atoms with Gasteiger partial charge in [0.15, 0.2) is 0 Å². The average Bonchev–Trinajstić information content (AvgIpc) is 3.58. The molecule has 1 aliphatic carbocycles. The Morgan fingerprint density at radius 1 is 1.02 bits per heavy atom. The zero-order valence-corrected chi connectivity index (χ0v) is 32.8. The summed E-state index contributed by atoms with van der Waals surface area (Å²) in [4.78, 5) is 64.8. The molecule has 5 amide bonds. The summed E-state index contributed by atoms with van der Waals surface area (Å²) in [5, 5.41) is 15.1. The van der Waals surface area contributed by atoms with E-state index < -0.39 is 58.3 Å². The van der Waals surface area contributed by atoms with Crippen LogP contribution >= 0.6 is 0 Å². The molecule has 0 spiro atoms. The van der Waals surface area contributed by atoms with Crippen molar-refractivity contribution >= 4 is 30.3 Å². The molecule has 1 aromatic carbocycles. The molecule has 0 bridgehead atoms. The molecule has 14 heteroatoms. The van der Waals surface area contributed by atoms with Crippen LogP contribution in [0.1, 0.15) is 90.2 Å². The molecule has 8 N–H and O–H groups in total. The van der Waals surface area contributed by atoms with E-state index in [2.05, 4.69) is 15.3 Å². The third kappa shape index (κ3) is 12.2. The SMILES string of the molecule is C[C@H](CC1=C[N+](C(N)=O)(C(=O)[C@@H](N)Cc2ccccc2)C=N1)N(C(=O)OC(C)(C)C)C(CC1CCCCC1)[C@@H](O)C[C@@H](Cc1cccnc1)C(=O)NCCN. The van der Waals surface area contributed by atoms with Gasteiger partial charge in [-0.15, -0.1) is 4.48 Å². The van der Waals surface area contributed by atoms with Crippen molar-refractivity contribution in [3.63, 3.8) is 0 Å². The molecule has 4 rings (SSSR count). The molecule has 2 unspecified atom stereocenters. The van der Waals surface area contributed by atoms with Crippen molar-refractivity contribution < 1.29 is 33.5 Å². The number of aliphatic hydroxyl groups excluding tert-OH is 1. The zero-order valence-electron chi connectivity index (χ0n) is 32.8. The van der Waals surface area contributed by atoms with Crippen molar-refractivity contribution in [2.75, 3.05) is 13.1 Å². The smallest absolute Gasteiger partial charge is 0.432 e. The molecule has 6 atom stereocenters. The highest BCUT2D eigenvalue weighted by Gasteiger charge is 2.48. The van der Waals surface area contributed by atoms with E-state index in [-0.39, 0.29) is 44.2 Å². The van der Waals surface area contributed by atoms with Gasteiger partial charge in [-0.05, 0) is 70.1 Å². The van der Waals surface area contributed by atoms with Crippen LogP contribution in [0, 0.1) is 11.8 Å². The second-order valence-corrected chi connectivity index (χ2v) is 16.0. The number of hydrogen-bond acceptors (Lipinski definition) is 10. The van der Waals surface area contributed by atoms with Gasteiger partial charge >= 0.3 is 18.0 Å². The number of rotatable bonds is 17. The lowest BCUT2D eigenvalue weighted by atomic mass is 9.81. The molecule has 1 fully saturated rings. The van der Waals surface area contributed by atoms with Crippen molar-refractivity contribution in [3.8, 4) is 0 Å². The van der Waals surface area contributed by atoms with Crippen molar-refractivity contribution in [1.82, 2.24) is 15.2 Å². The maximum Gasteiger partial charge on any atom is 0.432 e. The van der Waals surface area contributed by atoms with Crippen LogP contribution in [0.5, 0.6) is 0 Å². The minimum Gasteiger partial charge on any atom is -0.444 e. The van der Waals surface area contributed by atoms with Gasteiger partial charge in [-0.25, -0.2) is 19.4 Å². The lowest BCUT2D eigenvalue weighted by molar-refractivity contribution is -0.606. The number of ether oxygens (including phenoxy) is 1. The number of hydrogen-bond donors (Lipinski definition) is 5. The first-order valence-electron chi connectivity index (χ1n) is 19.5. The molecule has 14 nitrogen and oxygen atoms in total. The number of amides is 5. The van der Waals surface area contributed by atoms with Crippen LogP contribution in [0.3, 0.4) is 0 Å². The van der Waals surface area contributed by atoms with E-state index >= 15 is 0 Å². The Hall–Kier alpha value is -4.50. The summed E-state index contributed by atoms with van der Waals surface area (Å²) in [6.45, 7) is 7.70. The fraction of sp³-hybridized carbons (Fsp3) is 0.561. The first-order valence-corrected chi connectivity index (χ1v) is 19.5. The summed E-state index contributed by atoms with van der Waals surface area (Å²) < 4.78 is 4.98. The van der Waals surface area contributed by atoms with Crippen molar-refractivity contribution in [2.45, 2.75) is 122 Å². The van der Waals surface area contributed by atoms with Gasteiger partial charge in [0.2, 0.25) is 12.2 Å². The molecular weight excluding hydrogens is 701 g/mol. The monoisotopic (exact) mass is 761 g/mol. The number of primary amides is 1. The van der Waals surface area contributed by atoms with Crippen LogP contribution in [-0.4, -0.2) is 92.7 Å². The number of quaternary nitrogens is 1. The van der Waals surface area contributed by atoms with E-state index in [1.54, 1.807) is 44.1 Å². The van der Waals surface area contributed by atoms with Gasteiger partial charge in [0.25, 0.3) is 0 Å². The molecule has 0 saturated heterocycles. The average molecular weight is 762 g/mol. The first-order chi connectivity index (χ1) is 26.1. The number of nitrogens with zero attached hydrogens (tertiary/aromatic N) is 4. The lowest BCUT2D eigenvalue weighted by Gasteiger charge is -2.42. The number of imide groups is 1. The van der Waals surface area contributed by atoms with E-state index in [1.807, 2.05) is 43.3 Å². The largest absolute Gasteiger partial charge is 0.444 e. The Bertz CT molecular complexity index is 1640. The molecule has 2 aliphatic rings. The van der Waals surface area contributed by atoms with Crippen LogP contribution < -0.4 is 22.5 Å². The third-order valence-electron chi connectivity index (χ3n) is 10.3. The van der Waals surface area contributed by atoms with Crippen molar-refractivity contribution in [3.05, 3.63) is 77.9 Å². The summed E-state index contributed by atoms with van der Waals surface area (Å²) in [5.41, 5.74) is 19.1. The number of nitrogens with one attached hydrogen (secondary N) is 1. The fourth-order valence-electron chi connectivity index (χ4n) is 7.60. The number of benzene rings is 1. The molecule has 2 heterocycles. The molecule has 1 aliphatic heterocycles. The molecule has 1 aromatic heterocycles. The van der Waals surface area contributed by atoms with Gasteiger partial charge in [-0.2, -0.15) is 0 Å². The third-order valence-corrected chi connectivity index (χ3v) is 10.3. The highest BCUT2D eigenvalue weighted by Crippen LogP contribution is 2.34. The van der Waals surface area contributed by atoms with E-state index in [0.29, 0.717) is 18.5 Å². The quantitative estimate of drug-likeness (QED) is 0.145. The molecule has 2 aromatic rings. The number of aliphatic hydroxyl groups is 1. The van der Waals surface area contributed by atoms with Crippen LogP contribution in [0.2, 0.25) is 0 Å². The second kappa shape index (κ2) is 19.9. The van der Waals surface area contributed by atoms with Gasteiger partial charge < -0.3 is 32.4 Å². The van der Waals surface area contributed by atoms with Crippen LogP contribution in [0.4, 0.5) is 9.59 Å². The Balaban J connectivity index is 1.67. The van der Waals surface area contributed by atoms with Crippen LogP contribution in [0.15, 0.2) is 71.7 Å². The first kappa shape index (κ1) is 43.2. The fourth-order valence-corrected chi connectivity index (χ4v) is 7.60. The van der Waals surface area contributed by atoms with E-state index in [9.17, 15) is 24.3 Å². The number of urea groups is 1. The summed E-state index contributed by atoms with van der Waals surface area (Å²) in [7, 11) is 0. The Morgan fingerprint density at radius 2 is 1.71 bits per heavy atom. The van der Waals surface area contributed by atoms with E-state index in [4.69, 9.17) is 21.9 Å². The predicted octanol–water partition coefficient (Wildman–Crippen LogP) is 4.30. The minimum atomic E-state index is -1.12. The van der Waals surface area contributed by atoms with Gasteiger partial charge in [0.05, 0.1) is 12.1 Å². The molecular formula is C41H61N8O6+. The zero-order chi connectivity index (χ0) is 40.2. The number of pyridine rings is 1. The second-order valence-electron chi connectivity index (χ2n) is 16.0. The summed E-state index contributed by atoms with van der Waals surface area (Å²) >= 11 is 0. The van der Waals surface area contributed by atoms with Crippen LogP contribution in [0.25, 0.3) is 0 Å². The Morgan fingerprint density at radius 3 is 2.33 bits per heavy atom. The van der Waals surface area contributed by atoms with E-state index in [0.717, 1.165) is 43.2 Å². The van der Waals surface area contributed by atoms with Crippen LogP contribution in [-0.2, 0) is 27.2 Å². The van der Waals surface area contributed by atoms with E-state index in [1.165, 1.54) is 12.5 Å². The van der Waals surface area contributed by atoms with Gasteiger partial charge in [-0.1, -0.05) is 68.5 Å². The standard InChI is InChI=1S/C41H60N8O6/c1-28(20-33-26-49(27-47-33,39(44)53)38(52)34(43)22-29-12-7-5-8-13-29)48(40(54)55-41(2,3)4)35(23-30-14-9-6-10-15-30)36(50)24-32(37(51)46-19-17-42)21-31-16-11-18-45-25-31/h5,7-8,11-13,16,18,25-28,30,32,34-36,50H,6,9-10,14-15,17,19-24,42-43H2,1-4H3,(H2-,44,46,51,53)/p+1/t28-,32-,34+,35?,36+,49?/m1/s1. The number of carbonyl (C=O) groups is 4. The Labute approximate surface area is 325 Å². The van der Waals surface area contributed by atoms with Gasteiger partial charge in [0, 0.05) is 50.3 Å². The minimum absolute atomic E-state index is 0.0605. The maximum atomic E-state index is 14.3.